The summed E-state index contributed by atoms with van der Waals surface area (Å²) in [7, 11) is 0. The Kier molecular flexibility index (Phi) is 8.92. The van der Waals surface area contributed by atoms with Gasteiger partial charge in [0.25, 0.3) is 5.91 Å². The lowest BCUT2D eigenvalue weighted by molar-refractivity contribution is -0.131. The van der Waals surface area contributed by atoms with Crippen LogP contribution < -0.4 is 10.1 Å². The molecule has 0 aliphatic carbocycles. The van der Waals surface area contributed by atoms with Crippen molar-refractivity contribution in [2.24, 2.45) is 10.8 Å². The normalized spacial score (nSPS) is 13.3. The quantitative estimate of drug-likeness (QED) is 0.431. The molecule has 0 aliphatic rings. The van der Waals surface area contributed by atoms with E-state index in [2.05, 4.69) is 5.32 Å². The first-order valence-corrected chi connectivity index (χ1v) is 9.88. The number of carbonyl (C=O) groups is 1. The molecule has 6 nitrogen and oxygen atoms in total. The summed E-state index contributed by atoms with van der Waals surface area (Å²) in [6.45, 7) is 11.6. The van der Waals surface area contributed by atoms with Gasteiger partial charge in [0.15, 0.2) is 0 Å². The molecule has 6 heteroatoms. The second-order valence-corrected chi connectivity index (χ2v) is 9.10. The van der Waals surface area contributed by atoms with Crippen LogP contribution in [0.5, 0.6) is 5.75 Å². The Morgan fingerprint density at radius 1 is 1.07 bits per heavy atom. The van der Waals surface area contributed by atoms with Crippen molar-refractivity contribution in [2.45, 2.75) is 66.9 Å². The van der Waals surface area contributed by atoms with E-state index < -0.39 is 17.4 Å². The molecule has 0 saturated heterocycles. The molecule has 1 rings (SSSR count). The average molecular weight is 396 g/mol. The summed E-state index contributed by atoms with van der Waals surface area (Å²) in [6, 6.07) is 3.73. The van der Waals surface area contributed by atoms with Gasteiger partial charge in [-0.3, -0.25) is 4.79 Å². The molecule has 1 aromatic rings. The van der Waals surface area contributed by atoms with Crippen molar-refractivity contribution in [1.29, 1.82) is 0 Å². The van der Waals surface area contributed by atoms with E-state index in [1.54, 1.807) is 13.8 Å². The second-order valence-electron chi connectivity index (χ2n) is 9.10. The molecular formula is C22H37NO5. The molecule has 0 heterocycles. The Balaban J connectivity index is 2.66. The highest BCUT2D eigenvalue weighted by Gasteiger charge is 2.33. The van der Waals surface area contributed by atoms with Crippen LogP contribution in [-0.2, 0) is 4.79 Å². The molecule has 0 spiro atoms. The molecule has 1 atom stereocenters. The van der Waals surface area contributed by atoms with E-state index in [4.69, 9.17) is 4.74 Å². The van der Waals surface area contributed by atoms with Crippen LogP contribution in [0, 0.1) is 24.7 Å². The van der Waals surface area contributed by atoms with E-state index in [0.717, 1.165) is 36.1 Å². The van der Waals surface area contributed by atoms with Crippen LogP contribution in [0.3, 0.4) is 0 Å². The van der Waals surface area contributed by atoms with Gasteiger partial charge in [0, 0.05) is 17.7 Å². The number of benzene rings is 1. The van der Waals surface area contributed by atoms with Gasteiger partial charge >= 0.3 is 0 Å². The van der Waals surface area contributed by atoms with Crippen molar-refractivity contribution in [3.63, 3.8) is 0 Å². The number of carbonyl (C=O) groups excluding carboxylic acids is 1. The number of unbranched alkanes of at least 4 members (excludes halogenated alkanes) is 1. The zero-order valence-electron chi connectivity index (χ0n) is 18.1. The topological polar surface area (TPSA) is 99.0 Å². The fraction of sp³-hybridized carbons (Fsp3) is 0.682. The molecule has 0 aromatic heterocycles. The summed E-state index contributed by atoms with van der Waals surface area (Å²) in [5.41, 5.74) is 1.37. The summed E-state index contributed by atoms with van der Waals surface area (Å²) >= 11 is 0. The van der Waals surface area contributed by atoms with Gasteiger partial charge in [-0.25, -0.2) is 0 Å². The highest BCUT2D eigenvalue weighted by Crippen LogP contribution is 2.28. The molecule has 0 saturated carbocycles. The maximum atomic E-state index is 12.3. The zero-order valence-corrected chi connectivity index (χ0v) is 18.1. The smallest absolute Gasteiger partial charge is 0.253 e. The molecule has 1 aromatic carbocycles. The number of amides is 1. The molecule has 160 valence electrons. The summed E-state index contributed by atoms with van der Waals surface area (Å²) in [6.07, 6.45) is 1.53. The van der Waals surface area contributed by atoms with Crippen molar-refractivity contribution >= 4 is 11.6 Å². The third-order valence-corrected chi connectivity index (χ3v) is 5.10. The number of nitrogens with one attached hydrogen (secondary N) is 1. The Morgan fingerprint density at radius 2 is 1.64 bits per heavy atom. The third kappa shape index (κ3) is 7.08. The van der Waals surface area contributed by atoms with Crippen LogP contribution >= 0.6 is 0 Å². The van der Waals surface area contributed by atoms with E-state index in [9.17, 15) is 20.1 Å². The predicted molar refractivity (Wildman–Crippen MR) is 112 cm³/mol. The average Bonchev–Trinajstić information content (AvgIpc) is 2.63. The van der Waals surface area contributed by atoms with E-state index in [1.165, 1.54) is 0 Å². The summed E-state index contributed by atoms with van der Waals surface area (Å²) < 4.78 is 5.84. The molecule has 0 fully saturated rings. The number of rotatable bonds is 11. The minimum atomic E-state index is -1.31. The fourth-order valence-electron chi connectivity index (χ4n) is 2.81. The van der Waals surface area contributed by atoms with Crippen molar-refractivity contribution in [2.75, 3.05) is 25.1 Å². The first kappa shape index (κ1) is 24.4. The highest BCUT2D eigenvalue weighted by molar-refractivity contribution is 5.96. The van der Waals surface area contributed by atoms with Crippen LogP contribution in [0.2, 0.25) is 0 Å². The van der Waals surface area contributed by atoms with Gasteiger partial charge in [0.05, 0.1) is 13.2 Å². The minimum Gasteiger partial charge on any atom is -0.494 e. The largest absolute Gasteiger partial charge is 0.494 e. The van der Waals surface area contributed by atoms with Crippen LogP contribution in [-0.4, -0.2) is 47.2 Å². The fourth-order valence-corrected chi connectivity index (χ4v) is 2.81. The molecule has 4 N–H and O–H groups in total. The van der Waals surface area contributed by atoms with Gasteiger partial charge in [-0.2, -0.15) is 0 Å². The van der Waals surface area contributed by atoms with Crippen LogP contribution in [0.4, 0.5) is 5.69 Å². The number of anilines is 1. The number of ether oxygens (including phenoxy) is 1. The van der Waals surface area contributed by atoms with Gasteiger partial charge < -0.3 is 25.4 Å². The zero-order chi connectivity index (χ0) is 21.5. The van der Waals surface area contributed by atoms with Crippen LogP contribution in [0.1, 0.15) is 58.1 Å². The lowest BCUT2D eigenvalue weighted by Crippen LogP contribution is -2.42. The number of hydrogen-bond acceptors (Lipinski definition) is 5. The lowest BCUT2D eigenvalue weighted by Gasteiger charge is -2.27. The molecule has 0 radical (unpaired) electrons. The molecule has 0 bridgehead atoms. The second kappa shape index (κ2) is 10.2. The third-order valence-electron chi connectivity index (χ3n) is 5.10. The molecule has 1 amide bonds. The maximum Gasteiger partial charge on any atom is 0.253 e. The van der Waals surface area contributed by atoms with Gasteiger partial charge in [0.1, 0.15) is 11.9 Å². The number of aryl methyl sites for hydroxylation is 2. The van der Waals surface area contributed by atoms with Crippen molar-refractivity contribution in [3.05, 3.63) is 23.3 Å². The molecule has 28 heavy (non-hydrogen) atoms. The number of aliphatic hydroxyl groups is 3. The SMILES string of the molecule is Cc1cc(OCCCCC(C)(C)CO)cc(C)c1NC(=O)C(O)C(C)(C)CO. The Morgan fingerprint density at radius 3 is 2.14 bits per heavy atom. The Hall–Kier alpha value is -1.63. The summed E-state index contributed by atoms with van der Waals surface area (Å²) in [4.78, 5) is 12.3. The van der Waals surface area contributed by atoms with Gasteiger partial charge in [-0.15, -0.1) is 0 Å². The maximum absolute atomic E-state index is 12.3. The number of hydrogen-bond donors (Lipinski definition) is 4. The predicted octanol–water partition coefficient (Wildman–Crippen LogP) is 3.19. The van der Waals surface area contributed by atoms with Gasteiger partial charge in [-0.1, -0.05) is 27.7 Å². The van der Waals surface area contributed by atoms with Gasteiger partial charge in [0.2, 0.25) is 0 Å². The molecule has 0 aliphatic heterocycles. The van der Waals surface area contributed by atoms with E-state index in [1.807, 2.05) is 39.8 Å². The highest BCUT2D eigenvalue weighted by atomic mass is 16.5. The van der Waals surface area contributed by atoms with E-state index in [-0.39, 0.29) is 18.6 Å². The lowest BCUT2D eigenvalue weighted by atomic mass is 9.87. The number of aliphatic hydroxyl groups excluding tert-OH is 3. The van der Waals surface area contributed by atoms with Gasteiger partial charge in [-0.05, 0) is 61.8 Å². The summed E-state index contributed by atoms with van der Waals surface area (Å²) in [5, 5.41) is 31.6. The Labute approximate surface area is 168 Å². The molecule has 1 unspecified atom stereocenters. The van der Waals surface area contributed by atoms with Crippen molar-refractivity contribution < 1.29 is 24.9 Å². The first-order valence-electron chi connectivity index (χ1n) is 9.88. The van der Waals surface area contributed by atoms with E-state index >= 15 is 0 Å². The van der Waals surface area contributed by atoms with Crippen LogP contribution in [0.25, 0.3) is 0 Å². The monoisotopic (exact) mass is 395 g/mol. The molecular weight excluding hydrogens is 358 g/mol. The Bertz CT molecular complexity index is 631. The van der Waals surface area contributed by atoms with Crippen molar-refractivity contribution in [1.82, 2.24) is 0 Å². The summed E-state index contributed by atoms with van der Waals surface area (Å²) in [5.74, 6) is 0.205. The first-order chi connectivity index (χ1) is 12.9. The minimum absolute atomic E-state index is 0.0534. The van der Waals surface area contributed by atoms with Crippen molar-refractivity contribution in [3.8, 4) is 5.75 Å². The van der Waals surface area contributed by atoms with E-state index in [0.29, 0.717) is 12.3 Å². The standard InChI is InChI=1S/C22H37NO5/c1-15-11-17(28-10-8-7-9-21(3,4)13-24)12-16(2)18(15)23-20(27)19(26)22(5,6)14-25/h11-12,19,24-26H,7-10,13-14H2,1-6H3,(H,23,27). The van der Waals surface area contributed by atoms with Crippen LogP contribution in [0.15, 0.2) is 12.1 Å².